The molecule has 0 bridgehead atoms. The van der Waals surface area contributed by atoms with E-state index < -0.39 is 0 Å². The molecular weight excluding hydrogens is 455 g/mol. The van der Waals surface area contributed by atoms with E-state index in [9.17, 15) is 0 Å². The third kappa shape index (κ3) is 5.42. The van der Waals surface area contributed by atoms with Gasteiger partial charge in [0.1, 0.15) is 0 Å². The molecule has 2 aromatic rings. The van der Waals surface area contributed by atoms with Gasteiger partial charge in [-0.2, -0.15) is 0 Å². The molecule has 1 aliphatic rings. The minimum absolute atomic E-state index is 0. The van der Waals surface area contributed by atoms with E-state index in [2.05, 4.69) is 56.3 Å². The molecule has 26 heavy (non-hydrogen) atoms. The second-order valence-electron chi connectivity index (χ2n) is 6.84. The topological polar surface area (TPSA) is 49.3 Å². The molecule has 0 saturated heterocycles. The first kappa shape index (κ1) is 21.2. The number of nitrogens with one attached hydrogen (secondary N) is 2. The third-order valence-electron chi connectivity index (χ3n) is 5.04. The second-order valence-corrected chi connectivity index (χ2v) is 7.78. The summed E-state index contributed by atoms with van der Waals surface area (Å²) in [5.74, 6) is 0.900. The summed E-state index contributed by atoms with van der Waals surface area (Å²) in [7, 11) is 1.84. The van der Waals surface area contributed by atoms with Crippen molar-refractivity contribution in [3.63, 3.8) is 0 Å². The zero-order valence-electron chi connectivity index (χ0n) is 15.6. The number of hydrogen-bond acceptors (Lipinski definition) is 3. The van der Waals surface area contributed by atoms with Crippen LogP contribution in [-0.2, 0) is 11.8 Å². The number of aromatic nitrogens is 1. The Morgan fingerprint density at radius 3 is 2.58 bits per heavy atom. The number of nitrogens with zero attached hydrogens (tertiary/aromatic N) is 2. The van der Waals surface area contributed by atoms with Gasteiger partial charge < -0.3 is 10.6 Å². The van der Waals surface area contributed by atoms with Crippen LogP contribution in [0.3, 0.4) is 0 Å². The number of benzene rings is 1. The highest BCUT2D eigenvalue weighted by atomic mass is 127. The van der Waals surface area contributed by atoms with Gasteiger partial charge in [-0.15, -0.1) is 35.3 Å². The molecule has 1 fully saturated rings. The first-order chi connectivity index (χ1) is 12.2. The van der Waals surface area contributed by atoms with Crippen molar-refractivity contribution >= 4 is 41.3 Å². The lowest BCUT2D eigenvalue weighted by Gasteiger charge is -2.43. The number of halogens is 1. The second kappa shape index (κ2) is 10.3. The molecule has 0 amide bonds. The Morgan fingerprint density at radius 2 is 2.00 bits per heavy atom. The molecule has 1 aromatic heterocycles. The highest BCUT2D eigenvalue weighted by Gasteiger charge is 2.38. The van der Waals surface area contributed by atoms with Crippen molar-refractivity contribution in [2.45, 2.75) is 44.4 Å². The van der Waals surface area contributed by atoms with E-state index >= 15 is 0 Å². The summed E-state index contributed by atoms with van der Waals surface area (Å²) in [6, 6.07) is 10.9. The van der Waals surface area contributed by atoms with Crippen molar-refractivity contribution in [1.29, 1.82) is 0 Å². The normalized spacial score (nSPS) is 15.7. The van der Waals surface area contributed by atoms with Crippen LogP contribution in [0.5, 0.6) is 0 Å². The van der Waals surface area contributed by atoms with Crippen LogP contribution in [0, 0.1) is 6.92 Å². The first-order valence-corrected chi connectivity index (χ1v) is 10.0. The summed E-state index contributed by atoms with van der Waals surface area (Å²) >= 11 is 1.75. The van der Waals surface area contributed by atoms with Crippen molar-refractivity contribution in [2.24, 2.45) is 4.99 Å². The Morgan fingerprint density at radius 1 is 1.23 bits per heavy atom. The molecule has 1 saturated carbocycles. The smallest absolute Gasteiger partial charge is 0.191 e. The van der Waals surface area contributed by atoms with Crippen LogP contribution in [0.15, 0.2) is 40.7 Å². The number of aryl methyl sites for hydroxylation is 2. The zero-order chi connectivity index (χ0) is 17.5. The number of thiazole rings is 1. The molecule has 0 spiro atoms. The molecule has 0 radical (unpaired) electrons. The largest absolute Gasteiger partial charge is 0.356 e. The van der Waals surface area contributed by atoms with Crippen molar-refractivity contribution in [3.05, 3.63) is 52.0 Å². The molecule has 4 nitrogen and oxygen atoms in total. The summed E-state index contributed by atoms with van der Waals surface area (Å²) in [6.07, 6.45) is 5.92. The quantitative estimate of drug-likeness (QED) is 0.267. The molecule has 1 aliphatic carbocycles. The van der Waals surface area contributed by atoms with Crippen molar-refractivity contribution in [3.8, 4) is 0 Å². The lowest BCUT2D eigenvalue weighted by atomic mass is 9.64. The van der Waals surface area contributed by atoms with Crippen LogP contribution in [0.1, 0.15) is 41.9 Å². The summed E-state index contributed by atoms with van der Waals surface area (Å²) in [5, 5.41) is 10.3. The van der Waals surface area contributed by atoms with Gasteiger partial charge >= 0.3 is 0 Å². The van der Waals surface area contributed by atoms with E-state index in [4.69, 9.17) is 0 Å². The van der Waals surface area contributed by atoms with Gasteiger partial charge in [0.05, 0.1) is 5.01 Å². The Labute approximate surface area is 177 Å². The Bertz CT molecular complexity index is 695. The van der Waals surface area contributed by atoms with E-state index in [0.29, 0.717) is 0 Å². The molecule has 0 aliphatic heterocycles. The Hall–Kier alpha value is -1.15. The van der Waals surface area contributed by atoms with Crippen LogP contribution < -0.4 is 10.6 Å². The van der Waals surface area contributed by atoms with Gasteiger partial charge in [0.25, 0.3) is 0 Å². The van der Waals surface area contributed by atoms with Gasteiger partial charge in [-0.3, -0.25) is 4.99 Å². The van der Waals surface area contributed by atoms with E-state index in [0.717, 1.165) is 37.6 Å². The Balaban J connectivity index is 0.00000243. The fourth-order valence-corrected chi connectivity index (χ4v) is 4.22. The van der Waals surface area contributed by atoms with Crippen molar-refractivity contribution in [1.82, 2.24) is 15.6 Å². The predicted molar refractivity (Wildman–Crippen MR) is 122 cm³/mol. The van der Waals surface area contributed by atoms with Gasteiger partial charge in [-0.1, -0.05) is 36.8 Å². The lowest BCUT2D eigenvalue weighted by Crippen LogP contribution is -2.49. The first-order valence-electron chi connectivity index (χ1n) is 9.13. The average molecular weight is 484 g/mol. The molecule has 6 heteroatoms. The summed E-state index contributed by atoms with van der Waals surface area (Å²) in [5.41, 5.74) is 2.84. The molecule has 0 unspecified atom stereocenters. The maximum absolute atomic E-state index is 4.51. The average Bonchev–Trinajstić information content (AvgIpc) is 3.02. The summed E-state index contributed by atoms with van der Waals surface area (Å²) < 4.78 is 0. The lowest BCUT2D eigenvalue weighted by molar-refractivity contribution is 0.244. The highest BCUT2D eigenvalue weighted by molar-refractivity contribution is 14.0. The van der Waals surface area contributed by atoms with E-state index in [1.807, 2.05) is 14.0 Å². The summed E-state index contributed by atoms with van der Waals surface area (Å²) in [4.78, 5) is 8.89. The third-order valence-corrected chi connectivity index (χ3v) is 6.07. The zero-order valence-corrected chi connectivity index (χ0v) is 18.8. The SMILES string of the molecule is CN=C(NCCCc1nc(C)cs1)NCC1(c2ccccc2)CCC1.I. The number of guanidine groups is 1. The molecular formula is C20H29IN4S. The maximum Gasteiger partial charge on any atom is 0.191 e. The van der Waals surface area contributed by atoms with E-state index in [1.165, 1.54) is 29.8 Å². The van der Waals surface area contributed by atoms with Crippen molar-refractivity contribution < 1.29 is 0 Å². The molecule has 142 valence electrons. The van der Waals surface area contributed by atoms with Gasteiger partial charge in [-0.05, 0) is 31.7 Å². The maximum atomic E-state index is 4.51. The van der Waals surface area contributed by atoms with Crippen LogP contribution >= 0.6 is 35.3 Å². The predicted octanol–water partition coefficient (Wildman–Crippen LogP) is 4.29. The highest BCUT2D eigenvalue weighted by Crippen LogP contribution is 2.43. The minimum Gasteiger partial charge on any atom is -0.356 e. The van der Waals surface area contributed by atoms with Gasteiger partial charge in [-0.25, -0.2) is 4.98 Å². The molecule has 2 N–H and O–H groups in total. The molecule has 0 atom stereocenters. The van der Waals surface area contributed by atoms with Gasteiger partial charge in [0.15, 0.2) is 5.96 Å². The molecule has 1 aromatic carbocycles. The van der Waals surface area contributed by atoms with Gasteiger partial charge in [0, 0.05) is 43.0 Å². The standard InChI is InChI=1S/C20H28N4S.HI/c1-16-14-25-18(24-16)10-6-13-22-19(21-2)23-15-20(11-7-12-20)17-8-4-3-5-9-17;/h3-5,8-9,14H,6-7,10-13,15H2,1-2H3,(H2,21,22,23);1H. The summed E-state index contributed by atoms with van der Waals surface area (Å²) in [6.45, 7) is 3.91. The fraction of sp³-hybridized carbons (Fsp3) is 0.500. The monoisotopic (exact) mass is 484 g/mol. The van der Waals surface area contributed by atoms with Crippen LogP contribution in [0.2, 0.25) is 0 Å². The van der Waals surface area contributed by atoms with Crippen LogP contribution in [-0.4, -0.2) is 31.1 Å². The number of rotatable bonds is 7. The molecule has 3 rings (SSSR count). The number of aliphatic imine (C=N–C) groups is 1. The van der Waals surface area contributed by atoms with Crippen LogP contribution in [0.25, 0.3) is 0 Å². The molecule has 1 heterocycles. The van der Waals surface area contributed by atoms with Crippen LogP contribution in [0.4, 0.5) is 0 Å². The fourth-order valence-electron chi connectivity index (χ4n) is 3.40. The minimum atomic E-state index is 0. The van der Waals surface area contributed by atoms with E-state index in [1.54, 1.807) is 11.3 Å². The van der Waals surface area contributed by atoms with Crippen molar-refractivity contribution in [2.75, 3.05) is 20.1 Å². The van der Waals surface area contributed by atoms with Gasteiger partial charge in [0.2, 0.25) is 0 Å². The number of hydrogen-bond donors (Lipinski definition) is 2. The van der Waals surface area contributed by atoms with E-state index in [-0.39, 0.29) is 29.4 Å². The Kier molecular flexibility index (Phi) is 8.34.